The number of phenolic OH excluding ortho intramolecular Hbond substituents is 1. The van der Waals surface area contributed by atoms with Gasteiger partial charge in [-0.15, -0.1) is 0 Å². The minimum Gasteiger partial charge on any atom is -0.508 e. The number of hydrogen-bond donors (Lipinski definition) is 4. The number of alkyl carbamates (subject to hydrolysis) is 1. The van der Waals surface area contributed by atoms with E-state index in [1.165, 1.54) is 11.0 Å². The molecular formula is C28H36ClN3O5S. The van der Waals surface area contributed by atoms with E-state index in [-0.39, 0.29) is 17.5 Å². The van der Waals surface area contributed by atoms with Gasteiger partial charge in [0.15, 0.2) is 0 Å². The van der Waals surface area contributed by atoms with Gasteiger partial charge < -0.3 is 25.4 Å². The monoisotopic (exact) mass is 561 g/mol. The molecule has 2 aromatic carbocycles. The van der Waals surface area contributed by atoms with E-state index in [4.69, 9.17) is 16.3 Å². The van der Waals surface area contributed by atoms with Crippen LogP contribution in [0.2, 0.25) is 5.02 Å². The molecule has 10 heteroatoms. The third-order valence-corrected chi connectivity index (χ3v) is 7.11. The lowest BCUT2D eigenvalue weighted by atomic mass is 9.88. The smallest absolute Gasteiger partial charge is 0.408 e. The number of rotatable bonds is 8. The van der Waals surface area contributed by atoms with Crippen LogP contribution in [0.25, 0.3) is 0 Å². The van der Waals surface area contributed by atoms with Gasteiger partial charge in [-0.1, -0.05) is 29.8 Å². The molecule has 2 atom stereocenters. The van der Waals surface area contributed by atoms with E-state index >= 15 is 0 Å². The number of carbonyl (C=O) groups is 3. The highest BCUT2D eigenvalue weighted by molar-refractivity contribution is 7.80. The summed E-state index contributed by atoms with van der Waals surface area (Å²) in [5.41, 5.74) is 1.57. The molecule has 3 rings (SSSR count). The van der Waals surface area contributed by atoms with Crippen molar-refractivity contribution in [3.05, 3.63) is 58.1 Å². The van der Waals surface area contributed by atoms with Crippen LogP contribution < -0.4 is 10.6 Å². The summed E-state index contributed by atoms with van der Waals surface area (Å²) in [6.45, 7) is 8.75. The van der Waals surface area contributed by atoms with Crippen LogP contribution in [0.3, 0.4) is 0 Å². The summed E-state index contributed by atoms with van der Waals surface area (Å²) in [7, 11) is 0. The maximum atomic E-state index is 14.0. The van der Waals surface area contributed by atoms with Crippen molar-refractivity contribution >= 4 is 47.8 Å². The van der Waals surface area contributed by atoms with Gasteiger partial charge in [0, 0.05) is 11.8 Å². The zero-order valence-electron chi connectivity index (χ0n) is 22.4. The fourth-order valence-electron chi connectivity index (χ4n) is 4.27. The van der Waals surface area contributed by atoms with Crippen LogP contribution in [0.5, 0.6) is 5.75 Å². The minimum absolute atomic E-state index is 0.00780. The molecule has 206 valence electrons. The number of nitrogens with one attached hydrogen (secondary N) is 2. The number of carbonyl (C=O) groups excluding carboxylic acids is 3. The lowest BCUT2D eigenvalue weighted by molar-refractivity contribution is -0.145. The highest BCUT2D eigenvalue weighted by Crippen LogP contribution is 2.36. The van der Waals surface area contributed by atoms with Crippen molar-refractivity contribution in [2.75, 3.05) is 11.1 Å². The molecule has 1 fully saturated rings. The summed E-state index contributed by atoms with van der Waals surface area (Å²) in [6.07, 6.45) is 1.59. The largest absolute Gasteiger partial charge is 0.508 e. The van der Waals surface area contributed by atoms with Crippen LogP contribution in [-0.2, 0) is 14.3 Å². The van der Waals surface area contributed by atoms with Gasteiger partial charge in [0.25, 0.3) is 5.91 Å². The Balaban J connectivity index is 2.04. The standard InChI is InChI=1S/C28H36ClN3O5S/c1-16-8-6-11-20(29)23(16)31-25(34)24(18-12-13-22(33)17(2)14-18)32(19-9-7-10-19)26(35)21(15-38)30-27(36)37-28(3,4)5/h6,8,11-14,19,21,24,33,38H,7,9-10,15H2,1-5H3,(H,30,36)(H,31,34). The number of aromatic hydroxyl groups is 1. The van der Waals surface area contributed by atoms with Gasteiger partial charge in [-0.3, -0.25) is 9.59 Å². The van der Waals surface area contributed by atoms with Crippen molar-refractivity contribution in [2.24, 2.45) is 0 Å². The first kappa shape index (κ1) is 29.6. The maximum Gasteiger partial charge on any atom is 0.408 e. The first-order valence-electron chi connectivity index (χ1n) is 12.6. The molecule has 0 saturated heterocycles. The summed E-state index contributed by atoms with van der Waals surface area (Å²) in [6, 6.07) is 7.83. The molecule has 3 amide bonds. The summed E-state index contributed by atoms with van der Waals surface area (Å²) in [4.78, 5) is 42.0. The van der Waals surface area contributed by atoms with Crippen LogP contribution in [0, 0.1) is 13.8 Å². The lowest BCUT2D eigenvalue weighted by Gasteiger charge is -2.43. The van der Waals surface area contributed by atoms with Gasteiger partial charge in [0.1, 0.15) is 23.4 Å². The van der Waals surface area contributed by atoms with Crippen LogP contribution in [-0.4, -0.2) is 51.4 Å². The number of benzene rings is 2. The van der Waals surface area contributed by atoms with E-state index < -0.39 is 35.6 Å². The molecule has 3 N–H and O–H groups in total. The van der Waals surface area contributed by atoms with Crippen LogP contribution >= 0.6 is 24.2 Å². The maximum absolute atomic E-state index is 14.0. The molecule has 0 aromatic heterocycles. The number of amides is 3. The number of ether oxygens (including phenoxy) is 1. The van der Waals surface area contributed by atoms with Gasteiger partial charge in [-0.25, -0.2) is 4.79 Å². The molecule has 38 heavy (non-hydrogen) atoms. The van der Waals surface area contributed by atoms with Crippen molar-refractivity contribution in [2.45, 2.75) is 77.6 Å². The summed E-state index contributed by atoms with van der Waals surface area (Å²) in [5, 5.41) is 16.0. The Morgan fingerprint density at radius 1 is 1.16 bits per heavy atom. The van der Waals surface area contributed by atoms with E-state index in [1.807, 2.05) is 13.0 Å². The lowest BCUT2D eigenvalue weighted by Crippen LogP contribution is -2.57. The number of nitrogens with zero attached hydrogens (tertiary/aromatic N) is 1. The van der Waals surface area contributed by atoms with Crippen molar-refractivity contribution in [1.29, 1.82) is 0 Å². The van der Waals surface area contributed by atoms with Crippen LogP contribution in [0.15, 0.2) is 36.4 Å². The van der Waals surface area contributed by atoms with Gasteiger partial charge in [0.05, 0.1) is 10.7 Å². The molecule has 1 saturated carbocycles. The molecule has 0 aliphatic heterocycles. The second kappa shape index (κ2) is 12.3. The third-order valence-electron chi connectivity index (χ3n) is 6.43. The SMILES string of the molecule is Cc1cc(C(C(=O)Nc2c(C)cccc2Cl)N(C(=O)C(CS)NC(=O)OC(C)(C)C)C2CCC2)ccc1O. The van der Waals surface area contributed by atoms with Crippen LogP contribution in [0.1, 0.15) is 62.8 Å². The van der Waals surface area contributed by atoms with Crippen molar-refractivity contribution in [1.82, 2.24) is 10.2 Å². The Kier molecular flexibility index (Phi) is 9.59. The first-order valence-corrected chi connectivity index (χ1v) is 13.6. The van der Waals surface area contributed by atoms with Gasteiger partial charge >= 0.3 is 6.09 Å². The third kappa shape index (κ3) is 7.14. The zero-order chi connectivity index (χ0) is 28.2. The van der Waals surface area contributed by atoms with E-state index in [1.54, 1.807) is 52.0 Å². The quantitative estimate of drug-likeness (QED) is 0.316. The summed E-state index contributed by atoms with van der Waals surface area (Å²) >= 11 is 10.7. The molecule has 0 heterocycles. The number of anilines is 1. The molecule has 2 aromatic rings. The number of aryl methyl sites for hydroxylation is 2. The van der Waals surface area contributed by atoms with E-state index in [2.05, 4.69) is 23.3 Å². The average Bonchev–Trinajstić information content (AvgIpc) is 2.79. The molecule has 0 bridgehead atoms. The summed E-state index contributed by atoms with van der Waals surface area (Å²) < 4.78 is 5.35. The Morgan fingerprint density at radius 2 is 1.84 bits per heavy atom. The number of halogens is 1. The second-order valence-electron chi connectivity index (χ2n) is 10.6. The molecule has 8 nitrogen and oxygen atoms in total. The summed E-state index contributed by atoms with van der Waals surface area (Å²) in [5.74, 6) is -0.816. The second-order valence-corrected chi connectivity index (χ2v) is 11.4. The van der Waals surface area contributed by atoms with Crippen molar-refractivity contribution < 1.29 is 24.2 Å². The number of thiol groups is 1. The Bertz CT molecular complexity index is 1180. The van der Waals surface area contributed by atoms with Gasteiger partial charge in [0.2, 0.25) is 5.91 Å². The fourth-order valence-corrected chi connectivity index (χ4v) is 4.78. The predicted molar refractivity (Wildman–Crippen MR) is 152 cm³/mol. The van der Waals surface area contributed by atoms with Gasteiger partial charge in [-0.05, 0) is 88.8 Å². The highest BCUT2D eigenvalue weighted by atomic mass is 35.5. The van der Waals surface area contributed by atoms with E-state index in [0.29, 0.717) is 34.7 Å². The topological polar surface area (TPSA) is 108 Å². The number of hydrogen-bond acceptors (Lipinski definition) is 6. The average molecular weight is 562 g/mol. The zero-order valence-corrected chi connectivity index (χ0v) is 24.0. The first-order chi connectivity index (χ1) is 17.8. The molecule has 1 aliphatic carbocycles. The Morgan fingerprint density at radius 3 is 2.37 bits per heavy atom. The number of phenols is 1. The highest BCUT2D eigenvalue weighted by Gasteiger charge is 2.42. The Labute approximate surface area is 234 Å². The van der Waals surface area contributed by atoms with Crippen molar-refractivity contribution in [3.63, 3.8) is 0 Å². The molecular weight excluding hydrogens is 526 g/mol. The van der Waals surface area contributed by atoms with Crippen LogP contribution in [0.4, 0.5) is 10.5 Å². The van der Waals surface area contributed by atoms with Gasteiger partial charge in [-0.2, -0.15) is 12.6 Å². The van der Waals surface area contributed by atoms with Crippen molar-refractivity contribution in [3.8, 4) is 5.75 Å². The minimum atomic E-state index is -1.05. The normalized spacial score (nSPS) is 15.1. The number of para-hydroxylation sites is 1. The fraction of sp³-hybridized carbons (Fsp3) is 0.464. The molecule has 1 aliphatic rings. The predicted octanol–water partition coefficient (Wildman–Crippen LogP) is 5.55. The molecule has 0 radical (unpaired) electrons. The molecule has 2 unspecified atom stereocenters. The van der Waals surface area contributed by atoms with E-state index in [0.717, 1.165) is 12.0 Å². The molecule has 0 spiro atoms. The van der Waals surface area contributed by atoms with E-state index in [9.17, 15) is 19.5 Å². The Hall–Kier alpha value is -2.91.